The highest BCUT2D eigenvalue weighted by atomic mass is 32.2. The number of carbonyl (C=O) groups excluding carboxylic acids is 1. The first-order valence-corrected chi connectivity index (χ1v) is 8.98. The molecule has 0 unspecified atom stereocenters. The summed E-state index contributed by atoms with van der Waals surface area (Å²) in [7, 11) is -1.61. The van der Waals surface area contributed by atoms with Crippen molar-refractivity contribution in [3.8, 4) is 0 Å². The molecular formula is C16H23N3O3S. The molecule has 1 aliphatic heterocycles. The van der Waals surface area contributed by atoms with Gasteiger partial charge in [-0.25, -0.2) is 8.42 Å². The van der Waals surface area contributed by atoms with Gasteiger partial charge in [-0.2, -0.15) is 4.31 Å². The molecule has 23 heavy (non-hydrogen) atoms. The van der Waals surface area contributed by atoms with Crippen LogP contribution in [0.1, 0.15) is 15.9 Å². The fourth-order valence-corrected chi connectivity index (χ4v) is 4.13. The first-order valence-electron chi connectivity index (χ1n) is 7.54. The molecule has 1 fully saturated rings. The predicted octanol–water partition coefficient (Wildman–Crippen LogP) is 0.847. The second-order valence-electron chi connectivity index (χ2n) is 5.69. The molecule has 0 aliphatic carbocycles. The summed E-state index contributed by atoms with van der Waals surface area (Å²) in [4.78, 5) is 14.3. The molecule has 0 saturated carbocycles. The van der Waals surface area contributed by atoms with E-state index in [4.69, 9.17) is 0 Å². The SMILES string of the molecule is C=CCNC(=O)c1ccc(C)c(S(=O)(=O)N2CCN(C)CC2)c1. The number of likely N-dealkylation sites (N-methyl/N-ethyl adjacent to an activating group) is 1. The highest BCUT2D eigenvalue weighted by Crippen LogP contribution is 2.22. The van der Waals surface area contributed by atoms with Crippen LogP contribution in [0.15, 0.2) is 35.7 Å². The van der Waals surface area contributed by atoms with Crippen LogP contribution in [0.3, 0.4) is 0 Å². The number of hydrogen-bond donors (Lipinski definition) is 1. The monoisotopic (exact) mass is 337 g/mol. The van der Waals surface area contributed by atoms with Crippen LogP contribution in [0.2, 0.25) is 0 Å². The highest BCUT2D eigenvalue weighted by Gasteiger charge is 2.29. The summed E-state index contributed by atoms with van der Waals surface area (Å²) in [6, 6.07) is 4.77. The molecule has 6 nitrogen and oxygen atoms in total. The number of rotatable bonds is 5. The molecule has 1 heterocycles. The van der Waals surface area contributed by atoms with Gasteiger partial charge < -0.3 is 10.2 Å². The van der Waals surface area contributed by atoms with Crippen molar-refractivity contribution in [3.05, 3.63) is 42.0 Å². The molecule has 1 saturated heterocycles. The van der Waals surface area contributed by atoms with E-state index in [1.807, 2.05) is 7.05 Å². The Balaban J connectivity index is 2.30. The number of piperazine rings is 1. The topological polar surface area (TPSA) is 69.7 Å². The van der Waals surface area contributed by atoms with Crippen LogP contribution in [0.4, 0.5) is 0 Å². The standard InChI is InChI=1S/C16H23N3O3S/c1-4-7-17-16(20)14-6-5-13(2)15(12-14)23(21,22)19-10-8-18(3)9-11-19/h4-6,12H,1,7-11H2,2-3H3,(H,17,20). The Hall–Kier alpha value is -1.70. The van der Waals surface area contributed by atoms with Crippen LogP contribution < -0.4 is 5.32 Å². The molecular weight excluding hydrogens is 314 g/mol. The van der Waals surface area contributed by atoms with E-state index >= 15 is 0 Å². The van der Waals surface area contributed by atoms with E-state index in [-0.39, 0.29) is 10.8 Å². The second-order valence-corrected chi connectivity index (χ2v) is 7.59. The van der Waals surface area contributed by atoms with Crippen molar-refractivity contribution in [2.24, 2.45) is 0 Å². The number of aryl methyl sites for hydroxylation is 1. The lowest BCUT2D eigenvalue weighted by molar-refractivity contribution is 0.0958. The van der Waals surface area contributed by atoms with Crippen molar-refractivity contribution >= 4 is 15.9 Å². The van der Waals surface area contributed by atoms with Crippen molar-refractivity contribution in [3.63, 3.8) is 0 Å². The third-order valence-corrected chi connectivity index (χ3v) is 5.98. The molecule has 0 aromatic heterocycles. The van der Waals surface area contributed by atoms with Gasteiger partial charge in [0.05, 0.1) is 4.90 Å². The number of nitrogens with zero attached hydrogens (tertiary/aromatic N) is 2. The van der Waals surface area contributed by atoms with Crippen molar-refractivity contribution in [1.29, 1.82) is 0 Å². The molecule has 1 N–H and O–H groups in total. The number of sulfonamides is 1. The molecule has 0 spiro atoms. The van der Waals surface area contributed by atoms with Crippen molar-refractivity contribution < 1.29 is 13.2 Å². The maximum absolute atomic E-state index is 12.9. The van der Waals surface area contributed by atoms with E-state index in [2.05, 4.69) is 16.8 Å². The van der Waals surface area contributed by atoms with E-state index in [0.29, 0.717) is 43.9 Å². The molecule has 0 atom stereocenters. The van der Waals surface area contributed by atoms with Gasteiger partial charge in [-0.05, 0) is 31.7 Å². The summed E-state index contributed by atoms with van der Waals surface area (Å²) in [5, 5.41) is 2.66. The average molecular weight is 337 g/mol. The maximum atomic E-state index is 12.9. The van der Waals surface area contributed by atoms with E-state index in [9.17, 15) is 13.2 Å². The molecule has 0 bridgehead atoms. The Morgan fingerprint density at radius 1 is 1.30 bits per heavy atom. The molecule has 1 aromatic carbocycles. The zero-order valence-corrected chi connectivity index (χ0v) is 14.4. The Morgan fingerprint density at radius 2 is 1.96 bits per heavy atom. The van der Waals surface area contributed by atoms with Crippen LogP contribution >= 0.6 is 0 Å². The van der Waals surface area contributed by atoms with Crippen molar-refractivity contribution in [1.82, 2.24) is 14.5 Å². The van der Waals surface area contributed by atoms with Crippen LogP contribution in [-0.4, -0.2) is 63.3 Å². The number of benzene rings is 1. The summed E-state index contributed by atoms with van der Waals surface area (Å²) in [5.74, 6) is -0.306. The average Bonchev–Trinajstić information content (AvgIpc) is 2.53. The molecule has 1 aromatic rings. The minimum absolute atomic E-state index is 0.202. The molecule has 1 amide bonds. The molecule has 2 rings (SSSR count). The summed E-state index contributed by atoms with van der Waals surface area (Å²) in [6.07, 6.45) is 1.58. The Kier molecular flexibility index (Phi) is 5.56. The zero-order chi connectivity index (χ0) is 17.0. The van der Waals surface area contributed by atoms with Gasteiger partial charge in [-0.1, -0.05) is 12.1 Å². The number of hydrogen-bond acceptors (Lipinski definition) is 4. The second kappa shape index (κ2) is 7.25. The van der Waals surface area contributed by atoms with Gasteiger partial charge >= 0.3 is 0 Å². The number of nitrogens with one attached hydrogen (secondary N) is 1. The Labute approximate surface area is 137 Å². The third kappa shape index (κ3) is 3.99. The lowest BCUT2D eigenvalue weighted by Gasteiger charge is -2.32. The smallest absolute Gasteiger partial charge is 0.251 e. The fraction of sp³-hybridized carbons (Fsp3) is 0.438. The van der Waals surface area contributed by atoms with Gasteiger partial charge in [0.2, 0.25) is 10.0 Å². The molecule has 7 heteroatoms. The molecule has 0 radical (unpaired) electrons. The predicted molar refractivity (Wildman–Crippen MR) is 90.0 cm³/mol. The van der Waals surface area contributed by atoms with Crippen LogP contribution in [-0.2, 0) is 10.0 Å². The minimum atomic E-state index is -3.59. The van der Waals surface area contributed by atoms with E-state index in [0.717, 1.165) is 0 Å². The first-order chi connectivity index (χ1) is 10.9. The summed E-state index contributed by atoms with van der Waals surface area (Å²) in [5.41, 5.74) is 0.981. The van der Waals surface area contributed by atoms with E-state index < -0.39 is 10.0 Å². The quantitative estimate of drug-likeness (QED) is 0.809. The summed E-state index contributed by atoms with van der Waals surface area (Å²) in [6.45, 7) is 7.97. The molecule has 126 valence electrons. The van der Waals surface area contributed by atoms with Gasteiger partial charge in [0.15, 0.2) is 0 Å². The van der Waals surface area contributed by atoms with Gasteiger partial charge in [0.1, 0.15) is 0 Å². The summed E-state index contributed by atoms with van der Waals surface area (Å²) < 4.78 is 27.2. The van der Waals surface area contributed by atoms with Crippen LogP contribution in [0.25, 0.3) is 0 Å². The fourth-order valence-electron chi connectivity index (χ4n) is 2.45. The first kappa shape index (κ1) is 17.7. The number of amides is 1. The van der Waals surface area contributed by atoms with Crippen molar-refractivity contribution in [2.75, 3.05) is 39.8 Å². The maximum Gasteiger partial charge on any atom is 0.251 e. The van der Waals surface area contributed by atoms with Gasteiger partial charge in [-0.15, -0.1) is 6.58 Å². The van der Waals surface area contributed by atoms with Gasteiger partial charge in [-0.3, -0.25) is 4.79 Å². The minimum Gasteiger partial charge on any atom is -0.349 e. The normalized spacial score (nSPS) is 17.0. The Morgan fingerprint density at radius 3 is 2.57 bits per heavy atom. The van der Waals surface area contributed by atoms with Gasteiger partial charge in [0.25, 0.3) is 5.91 Å². The zero-order valence-electron chi connectivity index (χ0n) is 13.6. The van der Waals surface area contributed by atoms with Crippen molar-refractivity contribution in [2.45, 2.75) is 11.8 Å². The van der Waals surface area contributed by atoms with Crippen LogP contribution in [0, 0.1) is 6.92 Å². The number of carbonyl (C=O) groups is 1. The van der Waals surface area contributed by atoms with Gasteiger partial charge in [0, 0.05) is 38.3 Å². The molecule has 1 aliphatic rings. The Bertz CT molecular complexity index is 693. The lowest BCUT2D eigenvalue weighted by Crippen LogP contribution is -2.47. The largest absolute Gasteiger partial charge is 0.349 e. The highest BCUT2D eigenvalue weighted by molar-refractivity contribution is 7.89. The third-order valence-electron chi connectivity index (χ3n) is 3.94. The summed E-state index contributed by atoms with van der Waals surface area (Å²) >= 11 is 0. The van der Waals surface area contributed by atoms with E-state index in [1.54, 1.807) is 25.1 Å². The lowest BCUT2D eigenvalue weighted by atomic mass is 10.1. The van der Waals surface area contributed by atoms with E-state index in [1.165, 1.54) is 10.4 Å². The van der Waals surface area contributed by atoms with Crippen LogP contribution in [0.5, 0.6) is 0 Å².